The van der Waals surface area contributed by atoms with Gasteiger partial charge in [0.1, 0.15) is 5.82 Å². The van der Waals surface area contributed by atoms with Gasteiger partial charge in [-0.15, -0.1) is 0 Å². The van der Waals surface area contributed by atoms with E-state index in [9.17, 15) is 14.3 Å². The molecule has 3 N–H and O–H groups in total. The van der Waals surface area contributed by atoms with Gasteiger partial charge in [-0.1, -0.05) is 0 Å². The summed E-state index contributed by atoms with van der Waals surface area (Å²) in [5.74, 6) is -0.397. The molecule has 5 nitrogen and oxygen atoms in total. The van der Waals surface area contributed by atoms with Crippen LogP contribution in [0.3, 0.4) is 0 Å². The fraction of sp³-hybridized carbons (Fsp3) is 0.462. The third-order valence-electron chi connectivity index (χ3n) is 2.42. The number of amides is 2. The molecular weight excluding hydrogens is 251 g/mol. The number of hydrogen-bond donors (Lipinski definition) is 3. The van der Waals surface area contributed by atoms with E-state index in [1.165, 1.54) is 19.2 Å². The predicted octanol–water partition coefficient (Wildman–Crippen LogP) is 1.65. The molecule has 0 radical (unpaired) electrons. The van der Waals surface area contributed by atoms with E-state index in [1.54, 1.807) is 13.0 Å². The van der Waals surface area contributed by atoms with Crippen LogP contribution in [0.1, 0.15) is 12.0 Å². The van der Waals surface area contributed by atoms with Crippen molar-refractivity contribution in [1.29, 1.82) is 0 Å². The van der Waals surface area contributed by atoms with Crippen molar-refractivity contribution in [1.82, 2.24) is 5.32 Å². The number of carbonyl (C=O) groups excluding carboxylic acids is 1. The highest BCUT2D eigenvalue weighted by atomic mass is 19.1. The van der Waals surface area contributed by atoms with Gasteiger partial charge in [-0.2, -0.15) is 0 Å². The maximum atomic E-state index is 13.1. The number of benzene rings is 1. The van der Waals surface area contributed by atoms with Crippen LogP contribution in [0.25, 0.3) is 0 Å². The molecule has 0 aliphatic rings. The molecule has 1 aromatic rings. The van der Waals surface area contributed by atoms with Crippen molar-refractivity contribution in [2.24, 2.45) is 0 Å². The number of anilines is 1. The second-order valence-electron chi connectivity index (χ2n) is 4.30. The Balaban J connectivity index is 2.35. The van der Waals surface area contributed by atoms with E-state index in [4.69, 9.17) is 4.74 Å². The zero-order valence-electron chi connectivity index (χ0n) is 11.1. The number of hydrogen-bond acceptors (Lipinski definition) is 3. The summed E-state index contributed by atoms with van der Waals surface area (Å²) in [4.78, 5) is 11.5. The fourth-order valence-corrected chi connectivity index (χ4v) is 1.61. The molecule has 0 saturated carbocycles. The number of methoxy groups -OCH3 is 1. The van der Waals surface area contributed by atoms with Gasteiger partial charge in [0.15, 0.2) is 0 Å². The molecule has 2 amide bonds. The molecule has 0 aliphatic heterocycles. The lowest BCUT2D eigenvalue weighted by atomic mass is 10.2. The number of aliphatic hydroxyl groups excluding tert-OH is 1. The van der Waals surface area contributed by atoms with Gasteiger partial charge in [0.2, 0.25) is 0 Å². The first kappa shape index (κ1) is 15.4. The molecule has 0 spiro atoms. The number of ether oxygens (including phenoxy) is 1. The molecule has 1 unspecified atom stereocenters. The molecule has 6 heteroatoms. The Bertz CT molecular complexity index is 406. The van der Waals surface area contributed by atoms with Crippen LogP contribution in [0.5, 0.6) is 0 Å². The highest BCUT2D eigenvalue weighted by Crippen LogP contribution is 2.12. The van der Waals surface area contributed by atoms with Crippen LogP contribution in [0.4, 0.5) is 14.9 Å². The molecule has 1 aromatic carbocycles. The van der Waals surface area contributed by atoms with Gasteiger partial charge in [0, 0.05) is 19.3 Å². The van der Waals surface area contributed by atoms with Gasteiger partial charge in [0.25, 0.3) is 0 Å². The van der Waals surface area contributed by atoms with Crippen LogP contribution in [-0.2, 0) is 4.74 Å². The quantitative estimate of drug-likeness (QED) is 0.736. The van der Waals surface area contributed by atoms with Crippen LogP contribution in [-0.4, -0.2) is 37.5 Å². The molecule has 0 aromatic heterocycles. The number of nitrogens with one attached hydrogen (secondary N) is 2. The first-order valence-electron chi connectivity index (χ1n) is 6.00. The highest BCUT2D eigenvalue weighted by Gasteiger charge is 2.06. The summed E-state index contributed by atoms with van der Waals surface area (Å²) in [6, 6.07) is 3.86. The van der Waals surface area contributed by atoms with Crippen LogP contribution < -0.4 is 10.6 Å². The molecular formula is C13H19FN2O3. The minimum absolute atomic E-state index is 0.229. The summed E-state index contributed by atoms with van der Waals surface area (Å²) >= 11 is 0. The Labute approximate surface area is 111 Å². The molecule has 1 rings (SSSR count). The zero-order valence-corrected chi connectivity index (χ0v) is 11.1. The van der Waals surface area contributed by atoms with Gasteiger partial charge >= 0.3 is 6.03 Å². The van der Waals surface area contributed by atoms with Gasteiger partial charge in [0.05, 0.1) is 12.7 Å². The monoisotopic (exact) mass is 270 g/mol. The van der Waals surface area contributed by atoms with Crippen LogP contribution in [0, 0.1) is 12.7 Å². The Morgan fingerprint density at radius 3 is 2.84 bits per heavy atom. The number of urea groups is 1. The third kappa shape index (κ3) is 6.17. The average molecular weight is 270 g/mol. The van der Waals surface area contributed by atoms with Crippen molar-refractivity contribution in [3.05, 3.63) is 29.6 Å². The maximum absolute atomic E-state index is 13.1. The summed E-state index contributed by atoms with van der Waals surface area (Å²) in [5, 5.41) is 14.5. The number of aliphatic hydroxyl groups is 1. The standard InChI is InChI=1S/C13H19FN2O3/c1-9-5-10(14)7-11(6-9)16-13(18)15-4-3-12(17)8-19-2/h5-7,12,17H,3-4,8H2,1-2H3,(H2,15,16,18). The van der Waals surface area contributed by atoms with E-state index in [-0.39, 0.29) is 6.61 Å². The summed E-state index contributed by atoms with van der Waals surface area (Å²) in [6.07, 6.45) is -0.217. The Morgan fingerprint density at radius 1 is 1.47 bits per heavy atom. The normalized spacial score (nSPS) is 12.0. The van der Waals surface area contributed by atoms with Crippen LogP contribution in [0.2, 0.25) is 0 Å². The Morgan fingerprint density at radius 2 is 2.21 bits per heavy atom. The molecule has 19 heavy (non-hydrogen) atoms. The van der Waals surface area contributed by atoms with E-state index in [1.807, 2.05) is 0 Å². The number of carbonyl (C=O) groups is 1. The summed E-state index contributed by atoms with van der Waals surface area (Å²) < 4.78 is 17.9. The summed E-state index contributed by atoms with van der Waals surface area (Å²) in [7, 11) is 1.50. The van der Waals surface area contributed by atoms with Crippen molar-refractivity contribution in [2.75, 3.05) is 25.6 Å². The van der Waals surface area contributed by atoms with Gasteiger partial charge in [-0.05, 0) is 37.1 Å². The van der Waals surface area contributed by atoms with Crippen molar-refractivity contribution in [3.8, 4) is 0 Å². The molecule has 0 aliphatic carbocycles. The van der Waals surface area contributed by atoms with E-state index < -0.39 is 18.0 Å². The minimum Gasteiger partial charge on any atom is -0.391 e. The topological polar surface area (TPSA) is 70.6 Å². The lowest BCUT2D eigenvalue weighted by Gasteiger charge is -2.11. The molecule has 0 bridgehead atoms. The van der Waals surface area contributed by atoms with Crippen molar-refractivity contribution < 1.29 is 19.0 Å². The molecule has 0 saturated heterocycles. The highest BCUT2D eigenvalue weighted by molar-refractivity contribution is 5.89. The van der Waals surface area contributed by atoms with E-state index in [2.05, 4.69) is 10.6 Å². The molecule has 0 fully saturated rings. The van der Waals surface area contributed by atoms with Crippen LogP contribution >= 0.6 is 0 Å². The smallest absolute Gasteiger partial charge is 0.319 e. The van der Waals surface area contributed by atoms with Gasteiger partial charge < -0.3 is 20.5 Å². The SMILES string of the molecule is COCC(O)CCNC(=O)Nc1cc(C)cc(F)c1. The fourth-order valence-electron chi connectivity index (χ4n) is 1.61. The molecule has 106 valence electrons. The first-order chi connectivity index (χ1) is 9.01. The van der Waals surface area contributed by atoms with Gasteiger partial charge in [-0.3, -0.25) is 0 Å². The second kappa shape index (κ2) is 7.70. The van der Waals surface area contributed by atoms with E-state index >= 15 is 0 Å². The Kier molecular flexibility index (Phi) is 6.24. The maximum Gasteiger partial charge on any atom is 0.319 e. The third-order valence-corrected chi connectivity index (χ3v) is 2.42. The zero-order chi connectivity index (χ0) is 14.3. The number of rotatable bonds is 6. The van der Waals surface area contributed by atoms with Crippen LogP contribution in [0.15, 0.2) is 18.2 Å². The van der Waals surface area contributed by atoms with E-state index in [0.717, 1.165) is 5.56 Å². The van der Waals surface area contributed by atoms with Crippen molar-refractivity contribution in [3.63, 3.8) is 0 Å². The lowest BCUT2D eigenvalue weighted by molar-refractivity contribution is 0.0599. The van der Waals surface area contributed by atoms with E-state index in [0.29, 0.717) is 18.7 Å². The number of halogens is 1. The Hall–Kier alpha value is -1.66. The lowest BCUT2D eigenvalue weighted by Crippen LogP contribution is -2.32. The van der Waals surface area contributed by atoms with Crippen molar-refractivity contribution in [2.45, 2.75) is 19.4 Å². The number of aryl methyl sites for hydroxylation is 1. The largest absolute Gasteiger partial charge is 0.391 e. The first-order valence-corrected chi connectivity index (χ1v) is 6.00. The summed E-state index contributed by atoms with van der Waals surface area (Å²) in [5.41, 5.74) is 1.12. The minimum atomic E-state index is -0.610. The average Bonchev–Trinajstić information content (AvgIpc) is 2.27. The van der Waals surface area contributed by atoms with Crippen molar-refractivity contribution >= 4 is 11.7 Å². The summed E-state index contributed by atoms with van der Waals surface area (Å²) in [6.45, 7) is 2.28. The van der Waals surface area contributed by atoms with Gasteiger partial charge in [-0.25, -0.2) is 9.18 Å². The molecule has 1 atom stereocenters. The molecule has 0 heterocycles. The predicted molar refractivity (Wildman–Crippen MR) is 70.7 cm³/mol. The second-order valence-corrected chi connectivity index (χ2v) is 4.30.